The quantitative estimate of drug-likeness (QED) is 0.725. The molecule has 5 nitrogen and oxygen atoms in total. The van der Waals surface area contributed by atoms with Gasteiger partial charge in [-0.1, -0.05) is 0 Å². The number of methoxy groups -OCH3 is 1. The van der Waals surface area contributed by atoms with Gasteiger partial charge in [0, 0.05) is 13.1 Å². The zero-order valence-electron chi connectivity index (χ0n) is 9.45. The van der Waals surface area contributed by atoms with Gasteiger partial charge in [-0.25, -0.2) is 0 Å². The van der Waals surface area contributed by atoms with E-state index in [9.17, 15) is 4.79 Å². The minimum Gasteiger partial charge on any atom is -0.497 e. The first kappa shape index (κ1) is 12.2. The second-order valence-corrected chi connectivity index (χ2v) is 3.18. The van der Waals surface area contributed by atoms with Gasteiger partial charge in [0.15, 0.2) is 0 Å². The van der Waals surface area contributed by atoms with Crippen LogP contribution in [0.3, 0.4) is 0 Å². The van der Waals surface area contributed by atoms with E-state index in [1.54, 1.807) is 32.4 Å². The number of hydrogen-bond acceptors (Lipinski definition) is 4. The molecule has 0 bridgehead atoms. The smallest absolute Gasteiger partial charge is 0.223 e. The van der Waals surface area contributed by atoms with Crippen LogP contribution in [0.25, 0.3) is 0 Å². The number of nitrogen functional groups attached to an aromatic ring is 1. The maximum Gasteiger partial charge on any atom is 0.223 e. The fourth-order valence-electron chi connectivity index (χ4n) is 1.16. The van der Waals surface area contributed by atoms with Crippen LogP contribution in [0.15, 0.2) is 18.2 Å². The van der Waals surface area contributed by atoms with E-state index in [4.69, 9.17) is 15.2 Å². The van der Waals surface area contributed by atoms with Crippen molar-refractivity contribution in [1.29, 1.82) is 0 Å². The van der Waals surface area contributed by atoms with Gasteiger partial charge >= 0.3 is 0 Å². The summed E-state index contributed by atoms with van der Waals surface area (Å²) in [6, 6.07) is 5.15. The molecule has 0 fully saturated rings. The largest absolute Gasteiger partial charge is 0.497 e. The first-order valence-corrected chi connectivity index (χ1v) is 4.94. The van der Waals surface area contributed by atoms with E-state index in [1.807, 2.05) is 0 Å². The first-order chi connectivity index (χ1) is 7.67. The Morgan fingerprint density at radius 3 is 2.81 bits per heavy atom. The Bertz CT molecular complexity index is 366. The Morgan fingerprint density at radius 2 is 2.25 bits per heavy atom. The van der Waals surface area contributed by atoms with E-state index >= 15 is 0 Å². The van der Waals surface area contributed by atoms with Gasteiger partial charge in [0.25, 0.3) is 0 Å². The molecule has 1 aromatic carbocycles. The predicted octanol–water partition coefficient (Wildman–Crippen LogP) is 0.792. The van der Waals surface area contributed by atoms with Crippen molar-refractivity contribution in [3.63, 3.8) is 0 Å². The fourth-order valence-corrected chi connectivity index (χ4v) is 1.16. The molecule has 1 aromatic rings. The molecule has 0 heterocycles. The molecule has 0 unspecified atom stereocenters. The highest BCUT2D eigenvalue weighted by atomic mass is 16.5. The van der Waals surface area contributed by atoms with Crippen molar-refractivity contribution in [2.75, 3.05) is 26.5 Å². The van der Waals surface area contributed by atoms with Crippen LogP contribution in [-0.4, -0.2) is 26.7 Å². The van der Waals surface area contributed by atoms with Crippen LogP contribution in [0.1, 0.15) is 6.42 Å². The number of benzene rings is 1. The molecule has 0 aliphatic heterocycles. The minimum atomic E-state index is -0.0629. The van der Waals surface area contributed by atoms with Gasteiger partial charge in [0.1, 0.15) is 11.5 Å². The lowest BCUT2D eigenvalue weighted by Gasteiger charge is -2.09. The van der Waals surface area contributed by atoms with Gasteiger partial charge in [-0.15, -0.1) is 0 Å². The van der Waals surface area contributed by atoms with Crippen LogP contribution >= 0.6 is 0 Å². The van der Waals surface area contributed by atoms with Crippen LogP contribution in [0.4, 0.5) is 5.69 Å². The van der Waals surface area contributed by atoms with E-state index in [2.05, 4.69) is 5.32 Å². The first-order valence-electron chi connectivity index (χ1n) is 4.94. The molecule has 5 heteroatoms. The van der Waals surface area contributed by atoms with E-state index < -0.39 is 0 Å². The summed E-state index contributed by atoms with van der Waals surface area (Å²) in [5, 5.41) is 2.51. The van der Waals surface area contributed by atoms with Gasteiger partial charge in [0.2, 0.25) is 5.91 Å². The van der Waals surface area contributed by atoms with E-state index in [1.165, 1.54) is 0 Å². The maximum atomic E-state index is 10.9. The number of nitrogens with one attached hydrogen (secondary N) is 1. The SMILES string of the molecule is CNC(=O)CCOc1ccc(OC)cc1N. The van der Waals surface area contributed by atoms with Crippen LogP contribution in [0.2, 0.25) is 0 Å². The lowest BCUT2D eigenvalue weighted by molar-refractivity contribution is -0.121. The van der Waals surface area contributed by atoms with Crippen molar-refractivity contribution >= 4 is 11.6 Å². The summed E-state index contributed by atoms with van der Waals surface area (Å²) in [4.78, 5) is 10.9. The average Bonchev–Trinajstić information content (AvgIpc) is 2.30. The number of hydrogen-bond donors (Lipinski definition) is 2. The van der Waals surface area contributed by atoms with Gasteiger partial charge in [0.05, 0.1) is 25.8 Å². The fraction of sp³-hybridized carbons (Fsp3) is 0.364. The highest BCUT2D eigenvalue weighted by molar-refractivity contribution is 5.75. The Balaban J connectivity index is 2.51. The number of ether oxygens (including phenoxy) is 2. The van der Waals surface area contributed by atoms with Gasteiger partial charge in [-0.05, 0) is 12.1 Å². The lowest BCUT2D eigenvalue weighted by atomic mass is 10.3. The van der Waals surface area contributed by atoms with Gasteiger partial charge in [-0.2, -0.15) is 0 Å². The summed E-state index contributed by atoms with van der Waals surface area (Å²) >= 11 is 0. The monoisotopic (exact) mass is 224 g/mol. The number of amides is 1. The second kappa shape index (κ2) is 5.85. The van der Waals surface area contributed by atoms with Crippen molar-refractivity contribution in [3.05, 3.63) is 18.2 Å². The zero-order valence-corrected chi connectivity index (χ0v) is 9.45. The number of nitrogens with two attached hydrogens (primary N) is 1. The van der Waals surface area contributed by atoms with Crippen molar-refractivity contribution in [2.45, 2.75) is 6.42 Å². The second-order valence-electron chi connectivity index (χ2n) is 3.18. The van der Waals surface area contributed by atoms with Gasteiger partial charge in [-0.3, -0.25) is 4.79 Å². The van der Waals surface area contributed by atoms with E-state index in [-0.39, 0.29) is 5.91 Å². The molecule has 88 valence electrons. The lowest BCUT2D eigenvalue weighted by Crippen LogP contribution is -2.20. The molecule has 1 rings (SSSR count). The number of rotatable bonds is 5. The summed E-state index contributed by atoms with van der Waals surface area (Å²) in [6.45, 7) is 0.302. The molecule has 0 aromatic heterocycles. The van der Waals surface area contributed by atoms with Crippen molar-refractivity contribution in [2.24, 2.45) is 0 Å². The Kier molecular flexibility index (Phi) is 4.44. The molecule has 0 spiro atoms. The zero-order chi connectivity index (χ0) is 12.0. The third-order valence-electron chi connectivity index (χ3n) is 2.08. The molecule has 0 aliphatic carbocycles. The third kappa shape index (κ3) is 3.34. The molecule has 0 atom stereocenters. The third-order valence-corrected chi connectivity index (χ3v) is 2.08. The van der Waals surface area contributed by atoms with Gasteiger partial charge < -0.3 is 20.5 Å². The summed E-state index contributed by atoms with van der Waals surface area (Å²) in [7, 11) is 3.16. The molecule has 0 saturated heterocycles. The van der Waals surface area contributed by atoms with Crippen LogP contribution in [0, 0.1) is 0 Å². The maximum absolute atomic E-state index is 10.9. The Hall–Kier alpha value is -1.91. The Morgan fingerprint density at radius 1 is 1.50 bits per heavy atom. The highest BCUT2D eigenvalue weighted by Crippen LogP contribution is 2.26. The summed E-state index contributed by atoms with van der Waals surface area (Å²) in [5.74, 6) is 1.17. The summed E-state index contributed by atoms with van der Waals surface area (Å²) < 4.78 is 10.4. The normalized spacial score (nSPS) is 9.62. The molecule has 3 N–H and O–H groups in total. The molecule has 1 amide bonds. The molecular formula is C11H16N2O3. The average molecular weight is 224 g/mol. The minimum absolute atomic E-state index is 0.0629. The van der Waals surface area contributed by atoms with Crippen molar-refractivity contribution in [3.8, 4) is 11.5 Å². The van der Waals surface area contributed by atoms with Crippen molar-refractivity contribution in [1.82, 2.24) is 5.32 Å². The van der Waals surface area contributed by atoms with Crippen LogP contribution < -0.4 is 20.5 Å². The van der Waals surface area contributed by atoms with E-state index in [0.29, 0.717) is 30.2 Å². The molecule has 16 heavy (non-hydrogen) atoms. The highest BCUT2D eigenvalue weighted by Gasteiger charge is 2.03. The topological polar surface area (TPSA) is 73.6 Å². The predicted molar refractivity (Wildman–Crippen MR) is 61.6 cm³/mol. The van der Waals surface area contributed by atoms with Crippen molar-refractivity contribution < 1.29 is 14.3 Å². The van der Waals surface area contributed by atoms with E-state index in [0.717, 1.165) is 0 Å². The summed E-state index contributed by atoms with van der Waals surface area (Å²) in [5.41, 5.74) is 6.24. The number of carbonyl (C=O) groups is 1. The Labute approximate surface area is 94.5 Å². The number of carbonyl (C=O) groups excluding carboxylic acids is 1. The molecular weight excluding hydrogens is 208 g/mol. The molecule has 0 saturated carbocycles. The van der Waals surface area contributed by atoms with Crippen LogP contribution in [-0.2, 0) is 4.79 Å². The molecule has 0 radical (unpaired) electrons. The molecule has 0 aliphatic rings. The number of anilines is 1. The summed E-state index contributed by atoms with van der Waals surface area (Å²) in [6.07, 6.45) is 0.308. The standard InChI is InChI=1S/C11H16N2O3/c1-13-11(14)5-6-16-10-4-3-8(15-2)7-9(10)12/h3-4,7H,5-6,12H2,1-2H3,(H,13,14). The van der Waals surface area contributed by atoms with Crippen LogP contribution in [0.5, 0.6) is 11.5 Å².